The molecule has 1 atom stereocenters. The minimum absolute atomic E-state index is 0.0695. The first-order chi connectivity index (χ1) is 17.4. The van der Waals surface area contributed by atoms with E-state index in [-0.39, 0.29) is 36.1 Å². The van der Waals surface area contributed by atoms with Crippen molar-refractivity contribution in [2.75, 3.05) is 46.4 Å². The average molecular weight is 502 g/mol. The maximum atomic E-state index is 15.4. The van der Waals surface area contributed by atoms with E-state index in [0.29, 0.717) is 11.2 Å². The van der Waals surface area contributed by atoms with Gasteiger partial charge in [0.2, 0.25) is 0 Å². The van der Waals surface area contributed by atoms with E-state index in [0.717, 1.165) is 18.1 Å². The Bertz CT molecular complexity index is 1240. The van der Waals surface area contributed by atoms with Crippen LogP contribution in [0.25, 0.3) is 16.7 Å². The van der Waals surface area contributed by atoms with Gasteiger partial charge in [0.05, 0.1) is 45.4 Å². The molecule has 11 heteroatoms. The summed E-state index contributed by atoms with van der Waals surface area (Å²) in [5.74, 6) is -2.29. The van der Waals surface area contributed by atoms with Gasteiger partial charge in [-0.2, -0.15) is 0 Å². The van der Waals surface area contributed by atoms with Crippen LogP contribution in [-0.2, 0) is 4.74 Å². The van der Waals surface area contributed by atoms with Gasteiger partial charge in [-0.1, -0.05) is 13.0 Å². The summed E-state index contributed by atoms with van der Waals surface area (Å²) in [6.07, 6.45) is 4.90. The van der Waals surface area contributed by atoms with Crippen LogP contribution in [0.2, 0.25) is 0 Å². The van der Waals surface area contributed by atoms with Crippen molar-refractivity contribution in [3.63, 3.8) is 0 Å². The van der Waals surface area contributed by atoms with Gasteiger partial charge in [-0.25, -0.2) is 18.7 Å². The second-order valence-electron chi connectivity index (χ2n) is 7.70. The van der Waals surface area contributed by atoms with E-state index in [1.54, 1.807) is 25.5 Å². The smallest absolute Gasteiger partial charge is 0.191 e. The molecule has 2 aromatic heterocycles. The Morgan fingerprint density at radius 2 is 1.83 bits per heavy atom. The van der Waals surface area contributed by atoms with Gasteiger partial charge in [-0.3, -0.25) is 9.98 Å². The second-order valence-corrected chi connectivity index (χ2v) is 7.70. The van der Waals surface area contributed by atoms with Crippen LogP contribution >= 0.6 is 0 Å². The van der Waals surface area contributed by atoms with E-state index in [2.05, 4.69) is 19.9 Å². The summed E-state index contributed by atoms with van der Waals surface area (Å²) < 4.78 is 46.0. The van der Waals surface area contributed by atoms with Crippen molar-refractivity contribution < 1.29 is 28.1 Å². The fourth-order valence-electron chi connectivity index (χ4n) is 3.62. The Morgan fingerprint density at radius 1 is 1.14 bits per heavy atom. The molecule has 0 bridgehead atoms. The summed E-state index contributed by atoms with van der Waals surface area (Å²) in [6, 6.07) is 4.28. The average Bonchev–Trinajstić information content (AvgIpc) is 2.87. The molecule has 192 valence electrons. The summed E-state index contributed by atoms with van der Waals surface area (Å²) in [4.78, 5) is 18.8. The van der Waals surface area contributed by atoms with Crippen LogP contribution in [0, 0.1) is 11.6 Å². The number of allylic oxidation sites excluding steroid dienone is 2. The number of aliphatic imine (C=N–C) groups is 1. The Kier molecular flexibility index (Phi) is 9.20. The third-order valence-electron chi connectivity index (χ3n) is 5.23. The quantitative estimate of drug-likeness (QED) is 0.394. The van der Waals surface area contributed by atoms with Gasteiger partial charge in [-0.05, 0) is 18.6 Å². The summed E-state index contributed by atoms with van der Waals surface area (Å²) >= 11 is 0. The number of benzene rings is 1. The first kappa shape index (κ1) is 26.9. The topological polar surface area (TPSA) is 102 Å². The molecule has 9 nitrogen and oxygen atoms in total. The molecular weight excluding hydrogens is 472 g/mol. The minimum atomic E-state index is -1.10. The standard InChI is InChI=1S/C25H29F2N5O4/c1-6-7-15(11-28-2)18-12-29-17-8-9-21(31-25(17)30-18)32(13-16(33)14-34-3)24-22(26)19(35-4)10-20(36-5)23(24)27/h7-12,16,33H,6,13-14H2,1-5H3/b15-7+,28-11?. The molecule has 0 saturated heterocycles. The Balaban J connectivity index is 2.22. The molecular formula is C25H29F2N5O4. The Morgan fingerprint density at radius 3 is 2.42 bits per heavy atom. The van der Waals surface area contributed by atoms with Gasteiger partial charge in [-0.15, -0.1) is 0 Å². The number of hydrogen-bond acceptors (Lipinski definition) is 9. The van der Waals surface area contributed by atoms with Gasteiger partial charge in [0, 0.05) is 32.0 Å². The highest BCUT2D eigenvalue weighted by Crippen LogP contribution is 2.40. The third-order valence-corrected chi connectivity index (χ3v) is 5.23. The molecule has 0 fully saturated rings. The van der Waals surface area contributed by atoms with Crippen molar-refractivity contribution in [2.45, 2.75) is 19.4 Å². The predicted molar refractivity (Wildman–Crippen MR) is 134 cm³/mol. The summed E-state index contributed by atoms with van der Waals surface area (Å²) in [6.45, 7) is 1.68. The van der Waals surface area contributed by atoms with Gasteiger partial charge in [0.1, 0.15) is 17.0 Å². The zero-order valence-corrected chi connectivity index (χ0v) is 20.8. The van der Waals surface area contributed by atoms with Crippen LogP contribution in [0.4, 0.5) is 20.3 Å². The summed E-state index contributed by atoms with van der Waals surface area (Å²) in [7, 11) is 5.59. The van der Waals surface area contributed by atoms with Crippen LogP contribution in [0.15, 0.2) is 35.5 Å². The molecule has 1 N–H and O–H groups in total. The lowest BCUT2D eigenvalue weighted by Gasteiger charge is -2.28. The molecule has 1 aromatic carbocycles. The fraction of sp³-hybridized carbons (Fsp3) is 0.360. The van der Waals surface area contributed by atoms with Gasteiger partial charge >= 0.3 is 0 Å². The number of fused-ring (bicyclic) bond motifs is 1. The first-order valence-corrected chi connectivity index (χ1v) is 11.2. The van der Waals surface area contributed by atoms with Crippen LogP contribution in [0.1, 0.15) is 19.0 Å². The van der Waals surface area contributed by atoms with Crippen molar-refractivity contribution in [3.05, 3.63) is 47.8 Å². The van der Waals surface area contributed by atoms with Crippen molar-refractivity contribution in [3.8, 4) is 11.5 Å². The van der Waals surface area contributed by atoms with Crippen molar-refractivity contribution in [2.24, 2.45) is 4.99 Å². The number of aromatic nitrogens is 3. The predicted octanol–water partition coefficient (Wildman–Crippen LogP) is 3.96. The number of hydrogen-bond donors (Lipinski definition) is 1. The molecule has 3 aromatic rings. The highest BCUT2D eigenvalue weighted by atomic mass is 19.1. The second kappa shape index (κ2) is 12.3. The molecule has 1 unspecified atom stereocenters. The Labute approximate surface area is 208 Å². The van der Waals surface area contributed by atoms with Crippen LogP contribution in [0.5, 0.6) is 11.5 Å². The van der Waals surface area contributed by atoms with Gasteiger partial charge in [0.15, 0.2) is 28.8 Å². The van der Waals surface area contributed by atoms with Gasteiger partial charge < -0.3 is 24.2 Å². The number of aliphatic hydroxyl groups is 1. The highest BCUT2D eigenvalue weighted by Gasteiger charge is 2.28. The zero-order valence-electron chi connectivity index (χ0n) is 20.8. The monoisotopic (exact) mass is 501 g/mol. The lowest BCUT2D eigenvalue weighted by Crippen LogP contribution is -2.33. The largest absolute Gasteiger partial charge is 0.493 e. The number of pyridine rings is 1. The molecule has 0 spiro atoms. The molecule has 0 aliphatic carbocycles. The van der Waals surface area contributed by atoms with Crippen LogP contribution < -0.4 is 14.4 Å². The van der Waals surface area contributed by atoms with E-state index in [4.69, 9.17) is 14.2 Å². The van der Waals surface area contributed by atoms with Crippen molar-refractivity contribution in [1.29, 1.82) is 0 Å². The molecule has 0 amide bonds. The number of aliphatic hydroxyl groups excluding tert-OH is 1. The molecule has 3 rings (SSSR count). The van der Waals surface area contributed by atoms with Gasteiger partial charge in [0.25, 0.3) is 0 Å². The van der Waals surface area contributed by atoms with E-state index < -0.39 is 23.4 Å². The third kappa shape index (κ3) is 5.74. The number of rotatable bonds is 11. The number of nitrogens with zero attached hydrogens (tertiary/aromatic N) is 5. The fourth-order valence-corrected chi connectivity index (χ4v) is 3.62. The molecule has 0 aliphatic heterocycles. The number of halogens is 2. The molecule has 0 saturated carbocycles. The SMILES string of the molecule is CC/C=C(\C=NC)c1cnc2ccc(N(CC(O)COC)c3c(F)c(OC)cc(OC)c3F)nc2n1. The number of methoxy groups -OCH3 is 3. The van der Waals surface area contributed by atoms with E-state index in [1.807, 2.05) is 13.0 Å². The molecule has 0 aliphatic rings. The highest BCUT2D eigenvalue weighted by molar-refractivity contribution is 6.09. The summed E-state index contributed by atoms with van der Waals surface area (Å²) in [5, 5.41) is 10.5. The lowest BCUT2D eigenvalue weighted by molar-refractivity contribution is 0.0699. The maximum Gasteiger partial charge on any atom is 0.191 e. The van der Waals surface area contributed by atoms with Crippen LogP contribution in [0.3, 0.4) is 0 Å². The maximum absolute atomic E-state index is 15.4. The summed E-state index contributed by atoms with van der Waals surface area (Å²) in [5.41, 5.74) is 1.54. The minimum Gasteiger partial charge on any atom is -0.493 e. The zero-order chi connectivity index (χ0) is 26.2. The first-order valence-electron chi connectivity index (χ1n) is 11.2. The lowest BCUT2D eigenvalue weighted by atomic mass is 10.1. The Hall–Kier alpha value is -3.70. The van der Waals surface area contributed by atoms with E-state index in [1.165, 1.54) is 32.3 Å². The van der Waals surface area contributed by atoms with E-state index in [9.17, 15) is 5.11 Å². The molecule has 36 heavy (non-hydrogen) atoms. The number of ether oxygens (including phenoxy) is 3. The van der Waals surface area contributed by atoms with Crippen molar-refractivity contribution >= 4 is 34.5 Å². The normalized spacial score (nSPS) is 12.8. The van der Waals surface area contributed by atoms with E-state index >= 15 is 8.78 Å². The van der Waals surface area contributed by atoms with Crippen molar-refractivity contribution in [1.82, 2.24) is 15.0 Å². The van der Waals surface area contributed by atoms with Crippen LogP contribution in [-0.4, -0.2) is 73.9 Å². The molecule has 0 radical (unpaired) electrons. The molecule has 2 heterocycles. The number of anilines is 2.